The molecule has 1 radical (unpaired) electrons. The van der Waals surface area contributed by atoms with Crippen molar-refractivity contribution in [1.29, 1.82) is 0 Å². The van der Waals surface area contributed by atoms with Gasteiger partial charge in [-0.3, -0.25) is 0 Å². The minimum absolute atomic E-state index is 0.120. The average molecular weight is 151 g/mol. The molecule has 0 aromatic heterocycles. The first-order valence-corrected chi connectivity index (χ1v) is 6.50. The zero-order valence-corrected chi connectivity index (χ0v) is 7.96. The summed E-state index contributed by atoms with van der Waals surface area (Å²) in [7, 11) is 0.120. The van der Waals surface area contributed by atoms with Crippen LogP contribution in [0, 0.1) is 0 Å². The Balaban J connectivity index is 0.000000180. The maximum Gasteiger partial charge on any atom is 0.0379 e. The summed E-state index contributed by atoms with van der Waals surface area (Å²) in [5.41, 5.74) is 0. The zero-order valence-electron chi connectivity index (χ0n) is 6.96. The van der Waals surface area contributed by atoms with Crippen LogP contribution in [0.25, 0.3) is 0 Å². The standard InChI is InChI=1S/C6H6.C3H9Si/c1-2-4-6-5-3-1;1-4(2)3/h1-6H;1-3H3. The lowest BCUT2D eigenvalue weighted by molar-refractivity contribution is 1.72. The average Bonchev–Trinajstić information content (AvgIpc) is 1.90. The quantitative estimate of drug-likeness (QED) is 0.500. The van der Waals surface area contributed by atoms with Gasteiger partial charge in [-0.2, -0.15) is 0 Å². The van der Waals surface area contributed by atoms with Gasteiger partial charge in [-0.05, 0) is 0 Å². The fourth-order valence-electron chi connectivity index (χ4n) is 0.385. The fourth-order valence-corrected chi connectivity index (χ4v) is 0.385. The predicted molar refractivity (Wildman–Crippen MR) is 49.8 cm³/mol. The molecule has 1 rings (SSSR count). The second-order valence-corrected chi connectivity index (χ2v) is 5.65. The smallest absolute Gasteiger partial charge is 0.0379 e. The van der Waals surface area contributed by atoms with Crippen LogP contribution in [0.2, 0.25) is 19.6 Å². The van der Waals surface area contributed by atoms with Gasteiger partial charge in [-0.25, -0.2) is 0 Å². The van der Waals surface area contributed by atoms with Crippen LogP contribution in [0.1, 0.15) is 0 Å². The van der Waals surface area contributed by atoms with Crippen LogP contribution < -0.4 is 0 Å². The van der Waals surface area contributed by atoms with E-state index in [2.05, 4.69) is 19.6 Å². The summed E-state index contributed by atoms with van der Waals surface area (Å²) >= 11 is 0. The van der Waals surface area contributed by atoms with Gasteiger partial charge in [-0.15, -0.1) is 0 Å². The second-order valence-electron chi connectivity index (χ2n) is 2.65. The molecule has 1 heteroatoms. The molecule has 0 aliphatic carbocycles. The molecule has 0 aliphatic rings. The summed E-state index contributed by atoms with van der Waals surface area (Å²) in [6.07, 6.45) is 0. The van der Waals surface area contributed by atoms with Gasteiger partial charge < -0.3 is 0 Å². The molecule has 0 aliphatic heterocycles. The minimum Gasteiger partial charge on any atom is -0.0715 e. The highest BCUT2D eigenvalue weighted by Gasteiger charge is 1.72. The molecule has 1 aromatic rings. The van der Waals surface area contributed by atoms with Crippen molar-refractivity contribution < 1.29 is 0 Å². The van der Waals surface area contributed by atoms with E-state index >= 15 is 0 Å². The number of hydrogen-bond acceptors (Lipinski definition) is 0. The summed E-state index contributed by atoms with van der Waals surface area (Å²) in [6, 6.07) is 12.0. The molecule has 0 amide bonds. The third kappa shape index (κ3) is 10.4. The van der Waals surface area contributed by atoms with Crippen molar-refractivity contribution in [2.24, 2.45) is 0 Å². The summed E-state index contributed by atoms with van der Waals surface area (Å²) in [6.45, 7) is 6.81. The number of hydrogen-bond donors (Lipinski definition) is 0. The monoisotopic (exact) mass is 151 g/mol. The van der Waals surface area contributed by atoms with Crippen molar-refractivity contribution in [1.82, 2.24) is 0 Å². The molecule has 55 valence electrons. The molecule has 0 spiro atoms. The highest BCUT2D eigenvalue weighted by Crippen LogP contribution is 1.79. The van der Waals surface area contributed by atoms with E-state index < -0.39 is 0 Å². The van der Waals surface area contributed by atoms with Crippen LogP contribution in [0.3, 0.4) is 0 Å². The second kappa shape index (κ2) is 6.56. The molecule has 0 unspecified atom stereocenters. The molecule has 0 fully saturated rings. The summed E-state index contributed by atoms with van der Waals surface area (Å²) < 4.78 is 0. The zero-order chi connectivity index (χ0) is 7.82. The van der Waals surface area contributed by atoms with Crippen LogP contribution in [0.5, 0.6) is 0 Å². The van der Waals surface area contributed by atoms with E-state index in [0.717, 1.165) is 0 Å². The predicted octanol–water partition coefficient (Wildman–Crippen LogP) is 3.06. The Labute approximate surface area is 65.5 Å². The van der Waals surface area contributed by atoms with E-state index in [9.17, 15) is 0 Å². The van der Waals surface area contributed by atoms with E-state index in [-0.39, 0.29) is 8.80 Å². The third-order valence-corrected chi connectivity index (χ3v) is 0.667. The molecule has 0 saturated carbocycles. The van der Waals surface area contributed by atoms with Gasteiger partial charge in [0.1, 0.15) is 0 Å². The molecule has 1 aromatic carbocycles. The highest BCUT2D eigenvalue weighted by atomic mass is 28.3. The summed E-state index contributed by atoms with van der Waals surface area (Å²) in [5, 5.41) is 0. The van der Waals surface area contributed by atoms with E-state index in [1.165, 1.54) is 0 Å². The Bertz CT molecular complexity index is 105. The topological polar surface area (TPSA) is 0 Å². The van der Waals surface area contributed by atoms with Gasteiger partial charge in [0, 0.05) is 8.80 Å². The van der Waals surface area contributed by atoms with Crippen LogP contribution in [-0.2, 0) is 0 Å². The first kappa shape index (κ1) is 9.44. The molecular weight excluding hydrogens is 136 g/mol. The lowest BCUT2D eigenvalue weighted by atomic mass is 10.4. The van der Waals surface area contributed by atoms with Gasteiger partial charge in [0.2, 0.25) is 0 Å². The molecule has 0 bridgehead atoms. The van der Waals surface area contributed by atoms with Crippen molar-refractivity contribution in [3.05, 3.63) is 36.4 Å². The van der Waals surface area contributed by atoms with Crippen molar-refractivity contribution in [2.45, 2.75) is 19.6 Å². The van der Waals surface area contributed by atoms with E-state index in [1.807, 2.05) is 36.4 Å². The first-order valence-electron chi connectivity index (χ1n) is 3.50. The highest BCUT2D eigenvalue weighted by molar-refractivity contribution is 6.54. The Morgan fingerprint density at radius 2 is 0.700 bits per heavy atom. The largest absolute Gasteiger partial charge is 0.0715 e. The molecule has 0 N–H and O–H groups in total. The normalized spacial score (nSPS) is 8.40. The number of rotatable bonds is 0. The van der Waals surface area contributed by atoms with Crippen LogP contribution >= 0.6 is 0 Å². The first-order chi connectivity index (χ1) is 4.73. The maximum atomic E-state index is 2.27. The minimum atomic E-state index is 0.120. The van der Waals surface area contributed by atoms with Crippen LogP contribution in [-0.4, -0.2) is 8.80 Å². The Morgan fingerprint density at radius 1 is 0.600 bits per heavy atom. The Kier molecular flexibility index (Phi) is 6.19. The number of benzene rings is 1. The molecule has 0 heterocycles. The van der Waals surface area contributed by atoms with Gasteiger partial charge >= 0.3 is 0 Å². The SMILES string of the molecule is C[Si](C)C.c1ccccc1. The van der Waals surface area contributed by atoms with Crippen LogP contribution in [0.15, 0.2) is 36.4 Å². The van der Waals surface area contributed by atoms with Crippen molar-refractivity contribution in [3.8, 4) is 0 Å². The molecule has 0 nitrogen and oxygen atoms in total. The van der Waals surface area contributed by atoms with Crippen molar-refractivity contribution >= 4 is 8.80 Å². The van der Waals surface area contributed by atoms with Gasteiger partial charge in [0.05, 0.1) is 0 Å². The van der Waals surface area contributed by atoms with Crippen molar-refractivity contribution in [2.75, 3.05) is 0 Å². The summed E-state index contributed by atoms with van der Waals surface area (Å²) in [5.74, 6) is 0. The van der Waals surface area contributed by atoms with Gasteiger partial charge in [0.25, 0.3) is 0 Å². The lowest BCUT2D eigenvalue weighted by Gasteiger charge is -1.75. The molecular formula is C9H15Si. The molecule has 10 heavy (non-hydrogen) atoms. The molecule has 0 saturated heterocycles. The van der Waals surface area contributed by atoms with E-state index in [4.69, 9.17) is 0 Å². The summed E-state index contributed by atoms with van der Waals surface area (Å²) in [4.78, 5) is 0. The molecule has 0 atom stereocenters. The van der Waals surface area contributed by atoms with Gasteiger partial charge in [0.15, 0.2) is 0 Å². The Hall–Kier alpha value is -0.563. The maximum absolute atomic E-state index is 2.27. The van der Waals surface area contributed by atoms with E-state index in [1.54, 1.807) is 0 Å². The fraction of sp³-hybridized carbons (Fsp3) is 0.333. The lowest BCUT2D eigenvalue weighted by Crippen LogP contribution is -1.84. The van der Waals surface area contributed by atoms with Gasteiger partial charge in [-0.1, -0.05) is 56.0 Å². The van der Waals surface area contributed by atoms with Crippen LogP contribution in [0.4, 0.5) is 0 Å². The van der Waals surface area contributed by atoms with E-state index in [0.29, 0.717) is 0 Å². The van der Waals surface area contributed by atoms with Crippen molar-refractivity contribution in [3.63, 3.8) is 0 Å². The Morgan fingerprint density at radius 3 is 0.800 bits per heavy atom. The third-order valence-electron chi connectivity index (χ3n) is 0.667.